The van der Waals surface area contributed by atoms with Crippen LogP contribution in [0.3, 0.4) is 0 Å². The SMILES string of the molecule is C[C@@H](N)c1ccnc(OCCCc2ccncc2)c1. The molecule has 4 heteroatoms. The van der Waals surface area contributed by atoms with Crippen LogP contribution in [0.5, 0.6) is 5.88 Å². The van der Waals surface area contributed by atoms with Crippen LogP contribution >= 0.6 is 0 Å². The van der Waals surface area contributed by atoms with Gasteiger partial charge in [-0.05, 0) is 49.1 Å². The van der Waals surface area contributed by atoms with Crippen molar-refractivity contribution < 1.29 is 4.74 Å². The van der Waals surface area contributed by atoms with E-state index in [0.29, 0.717) is 12.5 Å². The second-order valence-corrected chi connectivity index (χ2v) is 4.52. The molecule has 2 rings (SSSR count). The molecule has 2 N–H and O–H groups in total. The van der Waals surface area contributed by atoms with Crippen molar-refractivity contribution in [3.05, 3.63) is 54.0 Å². The summed E-state index contributed by atoms with van der Waals surface area (Å²) in [6.07, 6.45) is 7.29. The largest absolute Gasteiger partial charge is 0.478 e. The smallest absolute Gasteiger partial charge is 0.213 e. The van der Waals surface area contributed by atoms with Gasteiger partial charge in [0.25, 0.3) is 0 Å². The molecule has 0 amide bonds. The number of rotatable bonds is 6. The molecule has 0 aliphatic heterocycles. The van der Waals surface area contributed by atoms with E-state index in [1.807, 2.05) is 43.6 Å². The lowest BCUT2D eigenvalue weighted by molar-refractivity contribution is 0.299. The minimum absolute atomic E-state index is 0.00201. The Morgan fingerprint density at radius 3 is 2.74 bits per heavy atom. The number of aryl methyl sites for hydroxylation is 1. The van der Waals surface area contributed by atoms with Crippen molar-refractivity contribution in [2.45, 2.75) is 25.8 Å². The summed E-state index contributed by atoms with van der Waals surface area (Å²) in [6, 6.07) is 7.86. The molecule has 0 saturated heterocycles. The van der Waals surface area contributed by atoms with E-state index >= 15 is 0 Å². The molecule has 0 aliphatic rings. The van der Waals surface area contributed by atoms with Crippen molar-refractivity contribution in [1.29, 1.82) is 0 Å². The Balaban J connectivity index is 1.78. The van der Waals surface area contributed by atoms with Gasteiger partial charge in [0.1, 0.15) is 0 Å². The summed E-state index contributed by atoms with van der Waals surface area (Å²) in [5.41, 5.74) is 8.14. The summed E-state index contributed by atoms with van der Waals surface area (Å²) >= 11 is 0. The van der Waals surface area contributed by atoms with E-state index in [4.69, 9.17) is 10.5 Å². The summed E-state index contributed by atoms with van der Waals surface area (Å²) in [5, 5.41) is 0. The maximum atomic E-state index is 5.82. The lowest BCUT2D eigenvalue weighted by Crippen LogP contribution is -2.06. The second-order valence-electron chi connectivity index (χ2n) is 4.52. The molecule has 19 heavy (non-hydrogen) atoms. The number of pyridine rings is 2. The number of hydrogen-bond acceptors (Lipinski definition) is 4. The molecule has 4 nitrogen and oxygen atoms in total. The van der Waals surface area contributed by atoms with Crippen molar-refractivity contribution in [2.24, 2.45) is 5.73 Å². The number of nitrogens with two attached hydrogens (primary N) is 1. The molecule has 100 valence electrons. The molecule has 0 unspecified atom stereocenters. The summed E-state index contributed by atoms with van der Waals surface area (Å²) < 4.78 is 5.64. The average molecular weight is 257 g/mol. The first-order valence-electron chi connectivity index (χ1n) is 6.49. The molecule has 0 aliphatic carbocycles. The fourth-order valence-corrected chi connectivity index (χ4v) is 1.79. The van der Waals surface area contributed by atoms with Crippen LogP contribution in [-0.4, -0.2) is 16.6 Å². The van der Waals surface area contributed by atoms with E-state index in [9.17, 15) is 0 Å². The molecular formula is C15H19N3O. The molecule has 0 spiro atoms. The number of hydrogen-bond donors (Lipinski definition) is 1. The normalized spacial score (nSPS) is 12.1. The van der Waals surface area contributed by atoms with Gasteiger partial charge in [0.2, 0.25) is 5.88 Å². The van der Waals surface area contributed by atoms with Crippen molar-refractivity contribution in [3.8, 4) is 5.88 Å². The Morgan fingerprint density at radius 2 is 2.00 bits per heavy atom. The zero-order valence-corrected chi connectivity index (χ0v) is 11.1. The lowest BCUT2D eigenvalue weighted by Gasteiger charge is -2.09. The van der Waals surface area contributed by atoms with Crippen LogP contribution in [0, 0.1) is 0 Å². The van der Waals surface area contributed by atoms with Crippen LogP contribution in [0.15, 0.2) is 42.9 Å². The van der Waals surface area contributed by atoms with Gasteiger partial charge in [0, 0.05) is 30.7 Å². The molecule has 1 atom stereocenters. The van der Waals surface area contributed by atoms with Crippen molar-refractivity contribution in [1.82, 2.24) is 9.97 Å². The van der Waals surface area contributed by atoms with Gasteiger partial charge in [-0.1, -0.05) is 0 Å². The molecule has 2 aromatic heterocycles. The summed E-state index contributed by atoms with van der Waals surface area (Å²) in [5.74, 6) is 0.643. The number of aromatic nitrogens is 2. The molecular weight excluding hydrogens is 238 g/mol. The fraction of sp³-hybridized carbons (Fsp3) is 0.333. The Kier molecular flexibility index (Phi) is 4.86. The van der Waals surface area contributed by atoms with Gasteiger partial charge in [0.15, 0.2) is 0 Å². The Morgan fingerprint density at radius 1 is 1.21 bits per heavy atom. The van der Waals surface area contributed by atoms with Gasteiger partial charge >= 0.3 is 0 Å². The zero-order chi connectivity index (χ0) is 13.5. The highest BCUT2D eigenvalue weighted by atomic mass is 16.5. The van der Waals surface area contributed by atoms with Crippen LogP contribution < -0.4 is 10.5 Å². The van der Waals surface area contributed by atoms with Gasteiger partial charge < -0.3 is 10.5 Å². The highest BCUT2D eigenvalue weighted by Gasteiger charge is 2.02. The van der Waals surface area contributed by atoms with E-state index < -0.39 is 0 Å². The quantitative estimate of drug-likeness (QED) is 0.808. The first-order valence-corrected chi connectivity index (χ1v) is 6.49. The minimum Gasteiger partial charge on any atom is -0.478 e. The molecule has 0 bridgehead atoms. The van der Waals surface area contributed by atoms with E-state index in [1.165, 1.54) is 5.56 Å². The molecule has 0 saturated carbocycles. The molecule has 0 aromatic carbocycles. The fourth-order valence-electron chi connectivity index (χ4n) is 1.79. The van der Waals surface area contributed by atoms with Crippen LogP contribution in [0.2, 0.25) is 0 Å². The lowest BCUT2D eigenvalue weighted by atomic mass is 10.1. The minimum atomic E-state index is 0.00201. The van der Waals surface area contributed by atoms with E-state index in [1.54, 1.807) is 6.20 Å². The Labute approximate surface area is 113 Å². The van der Waals surface area contributed by atoms with Gasteiger partial charge in [-0.15, -0.1) is 0 Å². The maximum Gasteiger partial charge on any atom is 0.213 e. The predicted octanol–water partition coefficient (Wildman–Crippen LogP) is 2.51. The first-order chi connectivity index (χ1) is 9.25. The van der Waals surface area contributed by atoms with Crippen LogP contribution in [0.25, 0.3) is 0 Å². The van der Waals surface area contributed by atoms with Crippen LogP contribution in [0.1, 0.15) is 30.5 Å². The van der Waals surface area contributed by atoms with Crippen LogP contribution in [-0.2, 0) is 6.42 Å². The average Bonchev–Trinajstić information content (AvgIpc) is 2.45. The second kappa shape index (κ2) is 6.85. The summed E-state index contributed by atoms with van der Waals surface area (Å²) in [4.78, 5) is 8.17. The molecule has 2 heterocycles. The third kappa shape index (κ3) is 4.34. The Bertz CT molecular complexity index is 500. The zero-order valence-electron chi connectivity index (χ0n) is 11.1. The van der Waals surface area contributed by atoms with Crippen LogP contribution in [0.4, 0.5) is 0 Å². The summed E-state index contributed by atoms with van der Waals surface area (Å²) in [7, 11) is 0. The summed E-state index contributed by atoms with van der Waals surface area (Å²) in [6.45, 7) is 2.60. The molecule has 2 aromatic rings. The van der Waals surface area contributed by atoms with E-state index in [-0.39, 0.29) is 6.04 Å². The highest BCUT2D eigenvalue weighted by molar-refractivity contribution is 5.22. The first kappa shape index (κ1) is 13.5. The third-order valence-electron chi connectivity index (χ3n) is 2.89. The number of ether oxygens (including phenoxy) is 1. The van der Waals surface area contributed by atoms with Gasteiger partial charge in [-0.25, -0.2) is 4.98 Å². The van der Waals surface area contributed by atoms with E-state index in [0.717, 1.165) is 18.4 Å². The maximum absolute atomic E-state index is 5.82. The molecule has 0 fully saturated rings. The van der Waals surface area contributed by atoms with Crippen molar-refractivity contribution in [3.63, 3.8) is 0 Å². The number of nitrogens with zero attached hydrogens (tertiary/aromatic N) is 2. The van der Waals surface area contributed by atoms with Crippen molar-refractivity contribution in [2.75, 3.05) is 6.61 Å². The van der Waals surface area contributed by atoms with Crippen molar-refractivity contribution >= 4 is 0 Å². The third-order valence-corrected chi connectivity index (χ3v) is 2.89. The predicted molar refractivity (Wildman–Crippen MR) is 74.9 cm³/mol. The van der Waals surface area contributed by atoms with Gasteiger partial charge in [-0.3, -0.25) is 4.98 Å². The monoisotopic (exact) mass is 257 g/mol. The molecule has 0 radical (unpaired) electrons. The van der Waals surface area contributed by atoms with Gasteiger partial charge in [-0.2, -0.15) is 0 Å². The van der Waals surface area contributed by atoms with E-state index in [2.05, 4.69) is 9.97 Å². The standard InChI is InChI=1S/C15H19N3O/c1-12(16)14-6-9-18-15(11-14)19-10-2-3-13-4-7-17-8-5-13/h4-9,11-12H,2-3,10,16H2,1H3/t12-/m1/s1. The Hall–Kier alpha value is -1.94. The highest BCUT2D eigenvalue weighted by Crippen LogP contribution is 2.14. The topological polar surface area (TPSA) is 61.0 Å². The van der Waals surface area contributed by atoms with Gasteiger partial charge in [0.05, 0.1) is 6.61 Å².